The van der Waals surface area contributed by atoms with Crippen molar-refractivity contribution in [3.63, 3.8) is 0 Å². The second-order valence-corrected chi connectivity index (χ2v) is 4.32. The Hall–Kier alpha value is -1.47. The first kappa shape index (κ1) is 14.9. The van der Waals surface area contributed by atoms with E-state index < -0.39 is 12.3 Å². The van der Waals surface area contributed by atoms with Crippen molar-refractivity contribution >= 4 is 0 Å². The van der Waals surface area contributed by atoms with Gasteiger partial charge in [-0.3, -0.25) is 0 Å². The maximum atomic E-state index is 13.1. The molecule has 1 aliphatic heterocycles. The van der Waals surface area contributed by atoms with E-state index in [1.807, 2.05) is 0 Å². The van der Waals surface area contributed by atoms with Gasteiger partial charge < -0.3 is 18.9 Å². The summed E-state index contributed by atoms with van der Waals surface area (Å²) in [4.78, 5) is 0. The lowest BCUT2D eigenvalue weighted by Gasteiger charge is -2.21. The molecule has 0 aromatic heterocycles. The SMILES string of the molecule is COc1ccc([C@H](OC[C@H]2CO2)C(F)(F)F)cc1OC. The van der Waals surface area contributed by atoms with Gasteiger partial charge in [0.2, 0.25) is 0 Å². The Bertz CT molecular complexity index is 457. The number of ether oxygens (including phenoxy) is 4. The quantitative estimate of drug-likeness (QED) is 0.756. The van der Waals surface area contributed by atoms with E-state index in [0.29, 0.717) is 12.4 Å². The third-order valence-corrected chi connectivity index (χ3v) is 2.86. The zero-order chi connectivity index (χ0) is 14.8. The van der Waals surface area contributed by atoms with Gasteiger partial charge in [-0.25, -0.2) is 0 Å². The molecule has 1 saturated heterocycles. The Morgan fingerprint density at radius 3 is 2.40 bits per heavy atom. The molecular weight excluding hydrogens is 277 g/mol. The molecule has 1 aliphatic rings. The molecule has 1 aromatic carbocycles. The number of epoxide rings is 1. The van der Waals surface area contributed by atoms with Crippen molar-refractivity contribution in [2.24, 2.45) is 0 Å². The van der Waals surface area contributed by atoms with Gasteiger partial charge in [-0.05, 0) is 17.7 Å². The minimum Gasteiger partial charge on any atom is -0.493 e. The average Bonchev–Trinajstić information content (AvgIpc) is 3.21. The monoisotopic (exact) mass is 292 g/mol. The summed E-state index contributed by atoms with van der Waals surface area (Å²) in [5.74, 6) is 0.591. The molecule has 0 amide bonds. The maximum absolute atomic E-state index is 13.1. The third-order valence-electron chi connectivity index (χ3n) is 2.86. The Morgan fingerprint density at radius 1 is 1.25 bits per heavy atom. The van der Waals surface area contributed by atoms with E-state index in [0.717, 1.165) is 0 Å². The number of hydrogen-bond donors (Lipinski definition) is 0. The van der Waals surface area contributed by atoms with E-state index in [1.54, 1.807) is 0 Å². The van der Waals surface area contributed by atoms with Crippen LogP contribution in [0.4, 0.5) is 13.2 Å². The summed E-state index contributed by atoms with van der Waals surface area (Å²) in [6.45, 7) is 0.356. The summed E-state index contributed by atoms with van der Waals surface area (Å²) < 4.78 is 59.0. The smallest absolute Gasteiger partial charge is 0.418 e. The molecule has 0 N–H and O–H groups in total. The second kappa shape index (κ2) is 5.88. The summed E-state index contributed by atoms with van der Waals surface area (Å²) in [6.07, 6.45) is -6.75. The topological polar surface area (TPSA) is 40.2 Å². The van der Waals surface area contributed by atoms with Gasteiger partial charge in [-0.1, -0.05) is 6.07 Å². The lowest BCUT2D eigenvalue weighted by atomic mass is 10.1. The Morgan fingerprint density at radius 2 is 1.90 bits per heavy atom. The number of hydrogen-bond acceptors (Lipinski definition) is 4. The zero-order valence-electron chi connectivity index (χ0n) is 11.1. The summed E-state index contributed by atoms with van der Waals surface area (Å²) in [7, 11) is 2.78. The molecule has 0 saturated carbocycles. The normalized spacial score (nSPS) is 19.6. The highest BCUT2D eigenvalue weighted by atomic mass is 19.4. The lowest BCUT2D eigenvalue weighted by Crippen LogP contribution is -2.25. The predicted molar refractivity (Wildman–Crippen MR) is 64.0 cm³/mol. The van der Waals surface area contributed by atoms with E-state index in [9.17, 15) is 13.2 Å². The van der Waals surface area contributed by atoms with Gasteiger partial charge in [0, 0.05) is 0 Å². The van der Waals surface area contributed by atoms with Crippen LogP contribution in [-0.4, -0.2) is 39.7 Å². The molecule has 0 radical (unpaired) electrons. The van der Waals surface area contributed by atoms with Gasteiger partial charge in [0.15, 0.2) is 17.6 Å². The van der Waals surface area contributed by atoms with Crippen LogP contribution in [0.2, 0.25) is 0 Å². The largest absolute Gasteiger partial charge is 0.493 e. The molecule has 20 heavy (non-hydrogen) atoms. The molecule has 0 unspecified atom stereocenters. The van der Waals surface area contributed by atoms with Crippen molar-refractivity contribution in [3.05, 3.63) is 23.8 Å². The first-order valence-electron chi connectivity index (χ1n) is 5.97. The van der Waals surface area contributed by atoms with Crippen molar-refractivity contribution in [2.75, 3.05) is 27.4 Å². The highest BCUT2D eigenvalue weighted by molar-refractivity contribution is 5.43. The fraction of sp³-hybridized carbons (Fsp3) is 0.538. The lowest BCUT2D eigenvalue weighted by molar-refractivity contribution is -0.224. The highest BCUT2D eigenvalue weighted by Gasteiger charge is 2.43. The molecule has 0 aliphatic carbocycles. The highest BCUT2D eigenvalue weighted by Crippen LogP contribution is 2.39. The zero-order valence-corrected chi connectivity index (χ0v) is 11.1. The molecule has 2 atom stereocenters. The van der Waals surface area contributed by atoms with Crippen LogP contribution in [0.3, 0.4) is 0 Å². The van der Waals surface area contributed by atoms with Crippen LogP contribution in [0.5, 0.6) is 11.5 Å². The average molecular weight is 292 g/mol. The van der Waals surface area contributed by atoms with Crippen molar-refractivity contribution in [2.45, 2.75) is 18.4 Å². The summed E-state index contributed by atoms with van der Waals surface area (Å²) >= 11 is 0. The van der Waals surface area contributed by atoms with Crippen LogP contribution in [0.25, 0.3) is 0 Å². The summed E-state index contributed by atoms with van der Waals surface area (Å²) in [5.41, 5.74) is -0.0317. The second-order valence-electron chi connectivity index (χ2n) is 4.32. The van der Waals surface area contributed by atoms with Crippen LogP contribution >= 0.6 is 0 Å². The minimum atomic E-state index is -4.51. The van der Waals surface area contributed by atoms with Crippen molar-refractivity contribution < 1.29 is 32.1 Å². The van der Waals surface area contributed by atoms with Crippen LogP contribution in [-0.2, 0) is 9.47 Å². The van der Waals surface area contributed by atoms with Gasteiger partial charge >= 0.3 is 6.18 Å². The van der Waals surface area contributed by atoms with Crippen molar-refractivity contribution in [1.29, 1.82) is 0 Å². The Balaban J connectivity index is 2.22. The van der Waals surface area contributed by atoms with Crippen LogP contribution in [0.15, 0.2) is 18.2 Å². The number of halogens is 3. The Labute approximate surface area is 114 Å². The van der Waals surface area contributed by atoms with Crippen LogP contribution < -0.4 is 9.47 Å². The molecule has 2 rings (SSSR count). The van der Waals surface area contributed by atoms with Gasteiger partial charge in [0.1, 0.15) is 6.10 Å². The van der Waals surface area contributed by atoms with E-state index >= 15 is 0 Å². The van der Waals surface area contributed by atoms with Crippen molar-refractivity contribution in [3.8, 4) is 11.5 Å². The Kier molecular flexibility index (Phi) is 4.39. The number of methoxy groups -OCH3 is 2. The molecule has 1 heterocycles. The number of alkyl halides is 3. The molecule has 0 spiro atoms. The fourth-order valence-corrected chi connectivity index (χ4v) is 1.76. The van der Waals surface area contributed by atoms with E-state index in [-0.39, 0.29) is 24.0 Å². The van der Waals surface area contributed by atoms with E-state index in [4.69, 9.17) is 18.9 Å². The van der Waals surface area contributed by atoms with Gasteiger partial charge in [0.05, 0.1) is 27.4 Å². The molecule has 4 nitrogen and oxygen atoms in total. The fourth-order valence-electron chi connectivity index (χ4n) is 1.76. The van der Waals surface area contributed by atoms with Crippen molar-refractivity contribution in [1.82, 2.24) is 0 Å². The van der Waals surface area contributed by atoms with Gasteiger partial charge in [-0.2, -0.15) is 13.2 Å². The number of benzene rings is 1. The summed E-state index contributed by atoms with van der Waals surface area (Å²) in [6, 6.07) is 4.00. The molecule has 0 bridgehead atoms. The van der Waals surface area contributed by atoms with Crippen LogP contribution in [0, 0.1) is 0 Å². The van der Waals surface area contributed by atoms with E-state index in [2.05, 4.69) is 0 Å². The molecular formula is C13H15F3O4. The first-order chi connectivity index (χ1) is 9.45. The first-order valence-corrected chi connectivity index (χ1v) is 5.97. The molecule has 1 aromatic rings. The maximum Gasteiger partial charge on any atom is 0.418 e. The van der Waals surface area contributed by atoms with Gasteiger partial charge in [-0.15, -0.1) is 0 Å². The van der Waals surface area contributed by atoms with Gasteiger partial charge in [0.25, 0.3) is 0 Å². The number of rotatable bonds is 6. The predicted octanol–water partition coefficient (Wildman–Crippen LogP) is 2.72. The minimum absolute atomic E-state index is 0.0317. The molecule has 1 fully saturated rings. The summed E-state index contributed by atoms with van der Waals surface area (Å²) in [5, 5.41) is 0. The molecule has 112 valence electrons. The molecule has 7 heteroatoms. The standard InChI is InChI=1S/C13H15F3O4/c1-17-10-4-3-8(5-11(10)18-2)12(13(14,15)16)20-7-9-6-19-9/h3-5,9,12H,6-7H2,1-2H3/t9-,12+/m1/s1. The van der Waals surface area contributed by atoms with Crippen LogP contribution in [0.1, 0.15) is 11.7 Å². The van der Waals surface area contributed by atoms with E-state index in [1.165, 1.54) is 32.4 Å². The third kappa shape index (κ3) is 3.55.